The van der Waals surface area contributed by atoms with Crippen LogP contribution in [0.1, 0.15) is 12.0 Å². The molecule has 0 amide bonds. The van der Waals surface area contributed by atoms with Crippen molar-refractivity contribution < 1.29 is 4.74 Å². The van der Waals surface area contributed by atoms with Gasteiger partial charge < -0.3 is 10.1 Å². The fraction of sp³-hybridized carbons (Fsp3) is 0.294. The number of benzene rings is 2. The van der Waals surface area contributed by atoms with Crippen molar-refractivity contribution in [1.82, 2.24) is 5.32 Å². The van der Waals surface area contributed by atoms with Crippen molar-refractivity contribution in [2.45, 2.75) is 12.8 Å². The van der Waals surface area contributed by atoms with Crippen LogP contribution in [0.5, 0.6) is 5.75 Å². The molecule has 1 aliphatic rings. The van der Waals surface area contributed by atoms with Crippen molar-refractivity contribution in [3.8, 4) is 16.9 Å². The van der Waals surface area contributed by atoms with Crippen LogP contribution >= 0.6 is 0 Å². The highest BCUT2D eigenvalue weighted by atomic mass is 16.5. The highest BCUT2D eigenvalue weighted by Crippen LogP contribution is 2.35. The van der Waals surface area contributed by atoms with Gasteiger partial charge in [-0.05, 0) is 38.1 Å². The van der Waals surface area contributed by atoms with Crippen molar-refractivity contribution in [1.29, 1.82) is 0 Å². The second-order valence-corrected chi connectivity index (χ2v) is 4.61. The summed E-state index contributed by atoms with van der Waals surface area (Å²) in [6, 6.07) is 16.9. The summed E-state index contributed by atoms with van der Waals surface area (Å²) in [5.74, 6) is 1.08. The summed E-state index contributed by atoms with van der Waals surface area (Å²) in [6.45, 7) is 0.844. The van der Waals surface area contributed by atoms with Gasteiger partial charge in [-0.3, -0.25) is 0 Å². The van der Waals surface area contributed by atoms with Gasteiger partial charge in [-0.2, -0.15) is 0 Å². The van der Waals surface area contributed by atoms with E-state index in [1.807, 2.05) is 20.2 Å². The van der Waals surface area contributed by atoms with E-state index in [-0.39, 0.29) is 0 Å². The first kappa shape index (κ1) is 13.6. The Kier molecular flexibility index (Phi) is 4.99. The summed E-state index contributed by atoms with van der Waals surface area (Å²) in [6.07, 6.45) is 2.27. The molecule has 0 spiro atoms. The molecule has 0 aliphatic carbocycles. The van der Waals surface area contributed by atoms with Gasteiger partial charge in [0.1, 0.15) is 5.75 Å². The minimum atomic E-state index is 0.844. The second kappa shape index (κ2) is 6.95. The third-order valence-corrected chi connectivity index (χ3v) is 3.02. The third-order valence-electron chi connectivity index (χ3n) is 3.02. The van der Waals surface area contributed by atoms with E-state index in [9.17, 15) is 0 Å². The van der Waals surface area contributed by atoms with Gasteiger partial charge in [0.05, 0.1) is 6.61 Å². The maximum Gasteiger partial charge on any atom is 0.130 e. The average Bonchev–Trinajstić information content (AvgIpc) is 2.48. The highest BCUT2D eigenvalue weighted by molar-refractivity contribution is 5.72. The fourth-order valence-corrected chi connectivity index (χ4v) is 2.23. The van der Waals surface area contributed by atoms with E-state index in [0.717, 1.165) is 25.2 Å². The minimum absolute atomic E-state index is 0.844. The lowest BCUT2D eigenvalue weighted by atomic mass is 9.98. The van der Waals surface area contributed by atoms with Crippen molar-refractivity contribution in [3.05, 3.63) is 54.1 Å². The number of hydrogen-bond donors (Lipinski definition) is 1. The quantitative estimate of drug-likeness (QED) is 0.842. The first-order valence-corrected chi connectivity index (χ1v) is 6.75. The molecule has 0 bridgehead atoms. The fourth-order valence-electron chi connectivity index (χ4n) is 2.23. The molecule has 1 heterocycles. The summed E-state index contributed by atoms with van der Waals surface area (Å²) in [5, 5.41) is 2.75. The number of hydrogen-bond acceptors (Lipinski definition) is 2. The molecule has 1 aliphatic heterocycles. The molecule has 3 rings (SSSR count). The molecule has 0 radical (unpaired) electrons. The Morgan fingerprint density at radius 2 is 1.68 bits per heavy atom. The van der Waals surface area contributed by atoms with Gasteiger partial charge in [0, 0.05) is 5.56 Å². The van der Waals surface area contributed by atoms with Crippen molar-refractivity contribution in [3.63, 3.8) is 0 Å². The van der Waals surface area contributed by atoms with Crippen molar-refractivity contribution in [2.75, 3.05) is 20.7 Å². The molecule has 19 heavy (non-hydrogen) atoms. The Labute approximate surface area is 115 Å². The van der Waals surface area contributed by atoms with E-state index in [0.29, 0.717) is 0 Å². The summed E-state index contributed by atoms with van der Waals surface area (Å²) in [4.78, 5) is 0. The van der Waals surface area contributed by atoms with E-state index < -0.39 is 0 Å². The van der Waals surface area contributed by atoms with Crippen LogP contribution in [0.2, 0.25) is 0 Å². The monoisotopic (exact) mass is 255 g/mol. The standard InChI is InChI=1S/C15H14O.C2H7N/c1-2-6-12(7-3-1)14-10-4-8-13-9-5-11-16-15(13)14;1-3-2/h1-4,6-8,10H,5,9,11H2;3H,1-2H3. The van der Waals surface area contributed by atoms with Gasteiger partial charge >= 0.3 is 0 Å². The van der Waals surface area contributed by atoms with Crippen LogP contribution < -0.4 is 10.1 Å². The first-order chi connectivity index (χ1) is 9.36. The van der Waals surface area contributed by atoms with E-state index in [1.165, 1.54) is 16.7 Å². The molecule has 100 valence electrons. The van der Waals surface area contributed by atoms with Gasteiger partial charge in [-0.25, -0.2) is 0 Å². The molecule has 2 aromatic carbocycles. The lowest BCUT2D eigenvalue weighted by Gasteiger charge is -2.20. The zero-order valence-electron chi connectivity index (χ0n) is 11.6. The molecule has 2 nitrogen and oxygen atoms in total. The predicted octanol–water partition coefficient (Wildman–Crippen LogP) is 3.51. The van der Waals surface area contributed by atoms with E-state index in [1.54, 1.807) is 0 Å². The molecule has 0 saturated carbocycles. The van der Waals surface area contributed by atoms with Crippen LogP contribution in [0, 0.1) is 0 Å². The van der Waals surface area contributed by atoms with Crippen molar-refractivity contribution in [2.24, 2.45) is 0 Å². The van der Waals surface area contributed by atoms with Crippen LogP contribution in [-0.4, -0.2) is 20.7 Å². The summed E-state index contributed by atoms with van der Waals surface area (Å²) in [5.41, 5.74) is 3.80. The molecule has 2 aromatic rings. The van der Waals surface area contributed by atoms with Gasteiger partial charge in [0.25, 0.3) is 0 Å². The SMILES string of the molecule is CNC.c1ccc(-c2cccc3c2OCCC3)cc1. The number of ether oxygens (including phenoxy) is 1. The first-order valence-electron chi connectivity index (χ1n) is 6.75. The zero-order valence-corrected chi connectivity index (χ0v) is 11.6. The number of para-hydroxylation sites is 1. The Morgan fingerprint density at radius 3 is 2.42 bits per heavy atom. The van der Waals surface area contributed by atoms with E-state index in [2.05, 4.69) is 47.8 Å². The smallest absolute Gasteiger partial charge is 0.130 e. The molecule has 0 aromatic heterocycles. The second-order valence-electron chi connectivity index (χ2n) is 4.61. The van der Waals surface area contributed by atoms with Crippen LogP contribution in [0.3, 0.4) is 0 Å². The summed E-state index contributed by atoms with van der Waals surface area (Å²) in [7, 11) is 3.75. The summed E-state index contributed by atoms with van der Waals surface area (Å²) >= 11 is 0. The zero-order chi connectivity index (χ0) is 13.5. The molecule has 0 saturated heterocycles. The lowest BCUT2D eigenvalue weighted by Crippen LogP contribution is -2.09. The predicted molar refractivity (Wildman–Crippen MR) is 80.7 cm³/mol. The Hall–Kier alpha value is -1.80. The van der Waals surface area contributed by atoms with Crippen molar-refractivity contribution >= 4 is 0 Å². The average molecular weight is 255 g/mol. The molecule has 0 atom stereocenters. The molecular weight excluding hydrogens is 234 g/mol. The molecule has 0 fully saturated rings. The van der Waals surface area contributed by atoms with Gasteiger partial charge in [0.15, 0.2) is 0 Å². The Morgan fingerprint density at radius 1 is 0.947 bits per heavy atom. The van der Waals surface area contributed by atoms with Gasteiger partial charge in [-0.1, -0.05) is 48.5 Å². The van der Waals surface area contributed by atoms with Crippen LogP contribution in [0.4, 0.5) is 0 Å². The summed E-state index contributed by atoms with van der Waals surface area (Å²) < 4.78 is 5.81. The van der Waals surface area contributed by atoms with Gasteiger partial charge in [0.2, 0.25) is 0 Å². The molecule has 0 unspecified atom stereocenters. The number of rotatable bonds is 1. The molecule has 1 N–H and O–H groups in total. The maximum absolute atomic E-state index is 5.81. The van der Waals surface area contributed by atoms with Crippen LogP contribution in [-0.2, 0) is 6.42 Å². The normalized spacial score (nSPS) is 12.7. The topological polar surface area (TPSA) is 21.3 Å². The maximum atomic E-state index is 5.81. The molecular formula is C17H21NO. The Bertz CT molecular complexity index is 508. The minimum Gasteiger partial charge on any atom is -0.493 e. The number of nitrogens with one attached hydrogen (secondary N) is 1. The van der Waals surface area contributed by atoms with Crippen LogP contribution in [0.15, 0.2) is 48.5 Å². The highest BCUT2D eigenvalue weighted by Gasteiger charge is 2.14. The lowest BCUT2D eigenvalue weighted by molar-refractivity contribution is 0.289. The van der Waals surface area contributed by atoms with Crippen LogP contribution in [0.25, 0.3) is 11.1 Å². The largest absolute Gasteiger partial charge is 0.493 e. The number of aryl methyl sites for hydroxylation is 1. The Balaban J connectivity index is 0.000000408. The van der Waals surface area contributed by atoms with E-state index in [4.69, 9.17) is 4.74 Å². The molecule has 2 heteroatoms. The van der Waals surface area contributed by atoms with Gasteiger partial charge in [-0.15, -0.1) is 0 Å². The number of fused-ring (bicyclic) bond motifs is 1. The van der Waals surface area contributed by atoms with E-state index >= 15 is 0 Å². The third kappa shape index (κ3) is 3.36.